The zero-order chi connectivity index (χ0) is 13.0. The molecular weight excluding hydrogens is 270 g/mol. The topological polar surface area (TPSA) is 68.0 Å². The molecule has 0 saturated carbocycles. The van der Waals surface area contributed by atoms with E-state index in [2.05, 4.69) is 16.9 Å². The maximum Gasteiger partial charge on any atom is 0.313 e. The second-order valence-corrected chi connectivity index (χ2v) is 5.50. The minimum Gasteiger partial charge on any atom is -0.481 e. The van der Waals surface area contributed by atoms with E-state index < -0.39 is 5.97 Å². The van der Waals surface area contributed by atoms with Crippen molar-refractivity contribution in [1.29, 1.82) is 0 Å². The molecule has 0 aliphatic carbocycles. The second kappa shape index (κ2) is 6.01. The lowest BCUT2D eigenvalue weighted by Crippen LogP contribution is -2.07. The van der Waals surface area contributed by atoms with Crippen LogP contribution in [0.25, 0.3) is 0 Å². The number of thiazole rings is 1. The highest BCUT2D eigenvalue weighted by Crippen LogP contribution is 2.21. The van der Waals surface area contributed by atoms with E-state index >= 15 is 0 Å². The summed E-state index contributed by atoms with van der Waals surface area (Å²) < 4.78 is 2.03. The number of hydrogen-bond donors (Lipinski definition) is 1. The number of nitrogens with zero attached hydrogens (tertiary/aromatic N) is 3. The van der Waals surface area contributed by atoms with Crippen LogP contribution in [0.5, 0.6) is 0 Å². The quantitative estimate of drug-likeness (QED) is 0.823. The summed E-state index contributed by atoms with van der Waals surface area (Å²) in [6, 6.07) is 0. The van der Waals surface area contributed by atoms with Crippen molar-refractivity contribution in [1.82, 2.24) is 14.5 Å². The Morgan fingerprint density at radius 1 is 1.56 bits per heavy atom. The van der Waals surface area contributed by atoms with Crippen LogP contribution in [0.2, 0.25) is 0 Å². The summed E-state index contributed by atoms with van der Waals surface area (Å²) in [4.78, 5) is 19.1. The molecule has 0 amide bonds. The molecule has 7 heteroatoms. The number of aromatic nitrogens is 3. The van der Waals surface area contributed by atoms with Gasteiger partial charge in [0.1, 0.15) is 5.01 Å². The molecule has 0 bridgehead atoms. The average molecular weight is 283 g/mol. The molecule has 0 aliphatic rings. The van der Waals surface area contributed by atoms with Gasteiger partial charge >= 0.3 is 5.97 Å². The molecule has 0 spiro atoms. The van der Waals surface area contributed by atoms with Crippen molar-refractivity contribution in [3.8, 4) is 0 Å². The van der Waals surface area contributed by atoms with Crippen LogP contribution in [0.3, 0.4) is 0 Å². The Balaban J connectivity index is 2.19. The van der Waals surface area contributed by atoms with Crippen LogP contribution < -0.4 is 0 Å². The van der Waals surface area contributed by atoms with Crippen molar-refractivity contribution in [3.05, 3.63) is 28.5 Å². The van der Waals surface area contributed by atoms with Crippen molar-refractivity contribution in [2.45, 2.75) is 25.0 Å². The van der Waals surface area contributed by atoms with E-state index in [1.807, 2.05) is 9.95 Å². The van der Waals surface area contributed by atoms with Crippen LogP contribution in [-0.4, -0.2) is 31.4 Å². The minimum absolute atomic E-state index is 0.0258. The molecule has 5 nitrogen and oxygen atoms in total. The fraction of sp³-hybridized carbons (Fsp3) is 0.364. The number of carbonyl (C=O) groups is 1. The molecular formula is C11H13N3O2S2. The van der Waals surface area contributed by atoms with Gasteiger partial charge in [0.15, 0.2) is 5.16 Å². The molecule has 0 unspecified atom stereocenters. The van der Waals surface area contributed by atoms with E-state index in [1.165, 1.54) is 11.8 Å². The van der Waals surface area contributed by atoms with Crippen molar-refractivity contribution >= 4 is 29.1 Å². The SMILES string of the molecule is CCc1cnc(SCC(=O)O)n1Cc1nccs1. The van der Waals surface area contributed by atoms with Gasteiger partial charge in [-0.05, 0) is 6.42 Å². The van der Waals surface area contributed by atoms with E-state index in [0.717, 1.165) is 22.3 Å². The number of imidazole rings is 1. The van der Waals surface area contributed by atoms with Gasteiger partial charge < -0.3 is 9.67 Å². The number of hydrogen-bond acceptors (Lipinski definition) is 5. The van der Waals surface area contributed by atoms with Crippen molar-refractivity contribution in [2.24, 2.45) is 0 Å². The number of rotatable bonds is 6. The Morgan fingerprint density at radius 2 is 2.39 bits per heavy atom. The number of carboxylic acids is 1. The first kappa shape index (κ1) is 13.1. The van der Waals surface area contributed by atoms with E-state index in [4.69, 9.17) is 5.11 Å². The summed E-state index contributed by atoms with van der Waals surface area (Å²) in [5, 5.41) is 12.4. The first-order valence-corrected chi connectivity index (χ1v) is 7.34. The monoisotopic (exact) mass is 283 g/mol. The largest absolute Gasteiger partial charge is 0.481 e. The molecule has 0 aromatic carbocycles. The smallest absolute Gasteiger partial charge is 0.313 e. The Kier molecular flexibility index (Phi) is 4.38. The zero-order valence-corrected chi connectivity index (χ0v) is 11.5. The highest BCUT2D eigenvalue weighted by atomic mass is 32.2. The third-order valence-corrected chi connectivity index (χ3v) is 4.11. The molecule has 2 heterocycles. The van der Waals surface area contributed by atoms with Gasteiger partial charge in [-0.25, -0.2) is 9.97 Å². The fourth-order valence-electron chi connectivity index (χ4n) is 1.55. The first-order valence-electron chi connectivity index (χ1n) is 5.48. The van der Waals surface area contributed by atoms with Crippen molar-refractivity contribution < 1.29 is 9.90 Å². The number of thioether (sulfide) groups is 1. The molecule has 96 valence electrons. The molecule has 0 radical (unpaired) electrons. The number of aryl methyl sites for hydroxylation is 1. The van der Waals surface area contributed by atoms with Gasteiger partial charge in [-0.15, -0.1) is 11.3 Å². The van der Waals surface area contributed by atoms with Crippen LogP contribution in [0.1, 0.15) is 17.6 Å². The lowest BCUT2D eigenvalue weighted by Gasteiger charge is -2.08. The van der Waals surface area contributed by atoms with Gasteiger partial charge in [-0.2, -0.15) is 0 Å². The van der Waals surface area contributed by atoms with Crippen LogP contribution in [0.15, 0.2) is 22.9 Å². The standard InChI is InChI=1S/C11H13N3O2S2/c1-2-8-5-13-11(18-7-10(15)16)14(8)6-9-12-3-4-17-9/h3-5H,2,6-7H2,1H3,(H,15,16). The van der Waals surface area contributed by atoms with Gasteiger partial charge in [0, 0.05) is 23.5 Å². The highest BCUT2D eigenvalue weighted by molar-refractivity contribution is 7.99. The number of carboxylic acid groups (broad SMARTS) is 1. The van der Waals surface area contributed by atoms with Gasteiger partial charge in [-0.3, -0.25) is 4.79 Å². The molecule has 18 heavy (non-hydrogen) atoms. The molecule has 0 fully saturated rings. The van der Waals surface area contributed by atoms with E-state index in [9.17, 15) is 4.79 Å². The summed E-state index contributed by atoms with van der Waals surface area (Å²) >= 11 is 2.83. The van der Waals surface area contributed by atoms with Crippen LogP contribution in [0.4, 0.5) is 0 Å². The Morgan fingerprint density at radius 3 is 3.00 bits per heavy atom. The highest BCUT2D eigenvalue weighted by Gasteiger charge is 2.12. The van der Waals surface area contributed by atoms with Crippen LogP contribution in [0, 0.1) is 0 Å². The molecule has 0 aliphatic heterocycles. The van der Waals surface area contributed by atoms with Crippen LogP contribution in [-0.2, 0) is 17.8 Å². The summed E-state index contributed by atoms with van der Waals surface area (Å²) in [7, 11) is 0. The molecule has 0 saturated heterocycles. The molecule has 2 rings (SSSR count). The lowest BCUT2D eigenvalue weighted by atomic mass is 10.3. The van der Waals surface area contributed by atoms with Crippen LogP contribution >= 0.6 is 23.1 Å². The van der Waals surface area contributed by atoms with E-state index in [0.29, 0.717) is 6.54 Å². The summed E-state index contributed by atoms with van der Waals surface area (Å²) in [5.74, 6) is -0.806. The Hall–Kier alpha value is -1.34. The third-order valence-electron chi connectivity index (χ3n) is 2.37. The molecule has 2 aromatic rings. The molecule has 0 atom stereocenters. The van der Waals surface area contributed by atoms with Gasteiger partial charge in [-0.1, -0.05) is 18.7 Å². The summed E-state index contributed by atoms with van der Waals surface area (Å²) in [5.41, 5.74) is 1.10. The van der Waals surface area contributed by atoms with Gasteiger partial charge in [0.25, 0.3) is 0 Å². The lowest BCUT2D eigenvalue weighted by molar-refractivity contribution is -0.133. The normalized spacial score (nSPS) is 10.7. The van der Waals surface area contributed by atoms with Gasteiger partial charge in [0.05, 0.1) is 12.3 Å². The van der Waals surface area contributed by atoms with Gasteiger partial charge in [0.2, 0.25) is 0 Å². The predicted octanol–water partition coefficient (Wildman–Crippen LogP) is 2.13. The Labute approximate surface area is 113 Å². The van der Waals surface area contributed by atoms with E-state index in [1.54, 1.807) is 23.7 Å². The fourth-order valence-corrected chi connectivity index (χ4v) is 2.87. The third kappa shape index (κ3) is 3.11. The molecule has 1 N–H and O–H groups in total. The Bertz CT molecular complexity index is 522. The minimum atomic E-state index is -0.832. The zero-order valence-electron chi connectivity index (χ0n) is 9.87. The predicted molar refractivity (Wildman–Crippen MR) is 71.2 cm³/mol. The summed E-state index contributed by atoms with van der Waals surface area (Å²) in [6.45, 7) is 2.71. The average Bonchev–Trinajstić information content (AvgIpc) is 2.97. The van der Waals surface area contributed by atoms with Crippen molar-refractivity contribution in [3.63, 3.8) is 0 Å². The van der Waals surface area contributed by atoms with E-state index in [-0.39, 0.29) is 5.75 Å². The second-order valence-electron chi connectivity index (χ2n) is 3.58. The first-order chi connectivity index (χ1) is 8.70. The maximum atomic E-state index is 10.6. The number of aliphatic carboxylic acids is 1. The summed E-state index contributed by atoms with van der Waals surface area (Å²) in [6.07, 6.45) is 4.44. The maximum absolute atomic E-state index is 10.6. The molecule has 2 aromatic heterocycles. The van der Waals surface area contributed by atoms with Crippen molar-refractivity contribution in [2.75, 3.05) is 5.75 Å².